The van der Waals surface area contributed by atoms with Crippen LogP contribution in [0.25, 0.3) is 11.1 Å². The van der Waals surface area contributed by atoms with E-state index in [1.807, 2.05) is 50.2 Å². The van der Waals surface area contributed by atoms with Gasteiger partial charge in [0.25, 0.3) is 0 Å². The van der Waals surface area contributed by atoms with Crippen LogP contribution in [0.5, 0.6) is 0 Å². The third kappa shape index (κ3) is 4.46. The standard InChI is InChI=1S/C25H25F3/c1-3-5-21-14-15-22(25(28)24(21)27)20-12-8-17(9-13-20)6-7-18-10-11-19(4-2)23(26)16-18/h8-16H,3-7H2,1-2H3. The van der Waals surface area contributed by atoms with Crippen LogP contribution in [-0.2, 0) is 25.7 Å². The van der Waals surface area contributed by atoms with Crippen molar-refractivity contribution in [3.8, 4) is 11.1 Å². The number of hydrogen-bond acceptors (Lipinski definition) is 0. The van der Waals surface area contributed by atoms with Crippen molar-refractivity contribution in [3.05, 3.63) is 94.3 Å². The summed E-state index contributed by atoms with van der Waals surface area (Å²) in [5.74, 6) is -1.69. The van der Waals surface area contributed by atoms with Crippen LogP contribution in [0.4, 0.5) is 13.2 Å². The molecule has 0 saturated heterocycles. The fourth-order valence-electron chi connectivity index (χ4n) is 3.45. The summed E-state index contributed by atoms with van der Waals surface area (Å²) in [5.41, 5.74) is 4.11. The van der Waals surface area contributed by atoms with Gasteiger partial charge in [-0.25, -0.2) is 13.2 Å². The largest absolute Gasteiger partial charge is 0.207 e. The Morgan fingerprint density at radius 3 is 1.93 bits per heavy atom. The summed E-state index contributed by atoms with van der Waals surface area (Å²) in [6, 6.07) is 16.2. The second-order valence-corrected chi connectivity index (χ2v) is 7.13. The van der Waals surface area contributed by atoms with Crippen molar-refractivity contribution in [3.63, 3.8) is 0 Å². The SMILES string of the molecule is CCCc1ccc(-c2ccc(CCc3ccc(CC)c(F)c3)cc2)c(F)c1F. The fraction of sp³-hybridized carbons (Fsp3) is 0.280. The Bertz CT molecular complexity index is 943. The van der Waals surface area contributed by atoms with Crippen molar-refractivity contribution < 1.29 is 13.2 Å². The molecule has 3 aromatic carbocycles. The Labute approximate surface area is 165 Å². The summed E-state index contributed by atoms with van der Waals surface area (Å²) in [6.45, 7) is 3.88. The van der Waals surface area contributed by atoms with Gasteiger partial charge in [-0.15, -0.1) is 0 Å². The minimum Gasteiger partial charge on any atom is -0.207 e. The molecule has 0 saturated carbocycles. The van der Waals surface area contributed by atoms with Crippen molar-refractivity contribution in [1.29, 1.82) is 0 Å². The summed E-state index contributed by atoms with van der Waals surface area (Å²) >= 11 is 0. The molecule has 0 bridgehead atoms. The third-order valence-electron chi connectivity index (χ3n) is 5.15. The lowest BCUT2D eigenvalue weighted by atomic mass is 9.98. The first-order valence-electron chi connectivity index (χ1n) is 9.87. The molecule has 28 heavy (non-hydrogen) atoms. The van der Waals surface area contributed by atoms with Gasteiger partial charge in [-0.2, -0.15) is 0 Å². The van der Waals surface area contributed by atoms with Crippen molar-refractivity contribution in [2.24, 2.45) is 0 Å². The third-order valence-corrected chi connectivity index (χ3v) is 5.15. The second-order valence-electron chi connectivity index (χ2n) is 7.13. The molecule has 0 nitrogen and oxygen atoms in total. The lowest BCUT2D eigenvalue weighted by Gasteiger charge is -2.09. The van der Waals surface area contributed by atoms with E-state index in [4.69, 9.17) is 0 Å². The van der Waals surface area contributed by atoms with Gasteiger partial charge in [0.05, 0.1) is 0 Å². The molecule has 0 spiro atoms. The molecule has 3 rings (SSSR count). The predicted molar refractivity (Wildman–Crippen MR) is 109 cm³/mol. The van der Waals surface area contributed by atoms with Crippen molar-refractivity contribution >= 4 is 0 Å². The predicted octanol–water partition coefficient (Wildman–Crippen LogP) is 7.07. The number of aryl methyl sites for hydroxylation is 4. The Morgan fingerprint density at radius 2 is 1.29 bits per heavy atom. The number of halogens is 3. The summed E-state index contributed by atoms with van der Waals surface area (Å²) < 4.78 is 42.5. The van der Waals surface area contributed by atoms with E-state index in [9.17, 15) is 13.2 Å². The highest BCUT2D eigenvalue weighted by molar-refractivity contribution is 5.65. The first-order chi connectivity index (χ1) is 13.5. The first-order valence-corrected chi connectivity index (χ1v) is 9.87. The van der Waals surface area contributed by atoms with Gasteiger partial charge < -0.3 is 0 Å². The van der Waals surface area contributed by atoms with Crippen molar-refractivity contribution in [1.82, 2.24) is 0 Å². The molecule has 146 valence electrons. The molecule has 0 aliphatic rings. The Hall–Kier alpha value is -2.55. The fourth-order valence-corrected chi connectivity index (χ4v) is 3.45. The molecule has 0 amide bonds. The maximum absolute atomic E-state index is 14.4. The molecule has 0 N–H and O–H groups in total. The molecule has 0 fully saturated rings. The minimum atomic E-state index is -0.787. The monoisotopic (exact) mass is 382 g/mol. The minimum absolute atomic E-state index is 0.153. The van der Waals surface area contributed by atoms with Gasteiger partial charge >= 0.3 is 0 Å². The van der Waals surface area contributed by atoms with E-state index in [2.05, 4.69) is 0 Å². The molecule has 0 heterocycles. The van der Waals surface area contributed by atoms with E-state index in [1.165, 1.54) is 0 Å². The summed E-state index contributed by atoms with van der Waals surface area (Å²) in [5, 5.41) is 0. The smallest absolute Gasteiger partial charge is 0.166 e. The average Bonchev–Trinajstić information content (AvgIpc) is 2.71. The van der Waals surface area contributed by atoms with E-state index in [1.54, 1.807) is 18.2 Å². The molecular formula is C25H25F3. The Morgan fingerprint density at radius 1 is 0.643 bits per heavy atom. The molecule has 0 unspecified atom stereocenters. The normalized spacial score (nSPS) is 11.0. The zero-order valence-electron chi connectivity index (χ0n) is 16.4. The maximum Gasteiger partial charge on any atom is 0.166 e. The molecular weight excluding hydrogens is 357 g/mol. The van der Waals surface area contributed by atoms with E-state index >= 15 is 0 Å². The highest BCUT2D eigenvalue weighted by Gasteiger charge is 2.14. The van der Waals surface area contributed by atoms with Gasteiger partial charge in [0, 0.05) is 5.56 Å². The van der Waals surface area contributed by atoms with Crippen LogP contribution in [0.15, 0.2) is 54.6 Å². The number of benzene rings is 3. The molecule has 0 aliphatic carbocycles. The zero-order valence-corrected chi connectivity index (χ0v) is 16.4. The molecule has 3 aromatic rings. The van der Waals surface area contributed by atoms with Crippen LogP contribution in [0.1, 0.15) is 42.5 Å². The summed E-state index contributed by atoms with van der Waals surface area (Å²) in [7, 11) is 0. The topological polar surface area (TPSA) is 0 Å². The first kappa shape index (κ1) is 20.2. The van der Waals surface area contributed by atoms with Gasteiger partial charge in [-0.1, -0.05) is 68.8 Å². The van der Waals surface area contributed by atoms with Gasteiger partial charge in [0.15, 0.2) is 11.6 Å². The number of hydrogen-bond donors (Lipinski definition) is 0. The van der Waals surface area contributed by atoms with Gasteiger partial charge in [0.1, 0.15) is 5.82 Å². The highest BCUT2D eigenvalue weighted by atomic mass is 19.2. The lowest BCUT2D eigenvalue weighted by Crippen LogP contribution is -1.97. The van der Waals surface area contributed by atoms with Crippen LogP contribution in [0.3, 0.4) is 0 Å². The van der Waals surface area contributed by atoms with Gasteiger partial charge in [0.2, 0.25) is 0 Å². The average molecular weight is 382 g/mol. The van der Waals surface area contributed by atoms with E-state index in [0.29, 0.717) is 24.0 Å². The molecule has 0 radical (unpaired) electrons. The van der Waals surface area contributed by atoms with Crippen molar-refractivity contribution in [2.45, 2.75) is 46.0 Å². The zero-order chi connectivity index (χ0) is 20.1. The Kier molecular flexibility index (Phi) is 6.56. The number of rotatable bonds is 7. The maximum atomic E-state index is 14.4. The van der Waals surface area contributed by atoms with Crippen LogP contribution >= 0.6 is 0 Å². The van der Waals surface area contributed by atoms with Crippen LogP contribution in [0, 0.1) is 17.5 Å². The van der Waals surface area contributed by atoms with E-state index in [-0.39, 0.29) is 11.4 Å². The summed E-state index contributed by atoms with van der Waals surface area (Å²) in [4.78, 5) is 0. The van der Waals surface area contributed by atoms with E-state index in [0.717, 1.165) is 36.0 Å². The highest BCUT2D eigenvalue weighted by Crippen LogP contribution is 2.27. The van der Waals surface area contributed by atoms with Gasteiger partial charge in [-0.05, 0) is 59.6 Å². The van der Waals surface area contributed by atoms with Gasteiger partial charge in [-0.3, -0.25) is 0 Å². The molecule has 0 atom stereocenters. The second kappa shape index (κ2) is 9.09. The quantitative estimate of drug-likeness (QED) is 0.410. The molecule has 0 aromatic heterocycles. The van der Waals surface area contributed by atoms with Crippen LogP contribution < -0.4 is 0 Å². The summed E-state index contributed by atoms with van der Waals surface area (Å²) in [6.07, 6.45) is 3.48. The van der Waals surface area contributed by atoms with Crippen LogP contribution in [-0.4, -0.2) is 0 Å². The lowest BCUT2D eigenvalue weighted by molar-refractivity contribution is 0.500. The molecule has 3 heteroatoms. The Balaban J connectivity index is 1.72. The van der Waals surface area contributed by atoms with Crippen LogP contribution in [0.2, 0.25) is 0 Å². The van der Waals surface area contributed by atoms with Crippen molar-refractivity contribution in [2.75, 3.05) is 0 Å². The molecule has 0 aliphatic heterocycles. The van der Waals surface area contributed by atoms with E-state index < -0.39 is 11.6 Å².